The number of rotatable bonds is 15. The van der Waals surface area contributed by atoms with Crippen molar-refractivity contribution in [2.75, 3.05) is 45.2 Å². The number of nitriles is 1. The van der Waals surface area contributed by atoms with Gasteiger partial charge in [-0.1, -0.05) is 24.3 Å². The van der Waals surface area contributed by atoms with Gasteiger partial charge in [0.1, 0.15) is 36.3 Å². The summed E-state index contributed by atoms with van der Waals surface area (Å²) in [5.74, 6) is -0.361. The number of carbonyl (C=O) groups is 2. The minimum Gasteiger partial charge on any atom is -0.488 e. The number of aldehydes is 1. The average Bonchev–Trinajstić information content (AvgIpc) is 3.07. The molecule has 0 radical (unpaired) electrons. The maximum atomic E-state index is 15.2. The highest BCUT2D eigenvalue weighted by Gasteiger charge is 2.22. The minimum atomic E-state index is -0.651. The Hall–Kier alpha value is -4.41. The van der Waals surface area contributed by atoms with Gasteiger partial charge < -0.3 is 24.4 Å². The first-order chi connectivity index (χ1) is 22.4. The van der Waals surface area contributed by atoms with Gasteiger partial charge in [-0.05, 0) is 48.4 Å². The Bertz CT molecular complexity index is 1480. The molecule has 4 rings (SSSR count). The van der Waals surface area contributed by atoms with E-state index >= 15 is 4.39 Å². The highest BCUT2D eigenvalue weighted by Crippen LogP contribution is 2.27. The predicted octanol–water partition coefficient (Wildman–Crippen LogP) is 4.07. The fourth-order valence-electron chi connectivity index (χ4n) is 5.22. The Kier molecular flexibility index (Phi) is 14.5. The number of benzene rings is 3. The van der Waals surface area contributed by atoms with E-state index in [4.69, 9.17) is 19.9 Å². The summed E-state index contributed by atoms with van der Waals surface area (Å²) in [5.41, 5.74) is 6.27. The van der Waals surface area contributed by atoms with Gasteiger partial charge in [0.15, 0.2) is 6.23 Å². The number of ether oxygens (including phenoxy) is 1. The van der Waals surface area contributed by atoms with Crippen molar-refractivity contribution in [1.82, 2.24) is 15.3 Å². The van der Waals surface area contributed by atoms with Crippen molar-refractivity contribution in [1.29, 1.82) is 5.26 Å². The summed E-state index contributed by atoms with van der Waals surface area (Å²) in [5, 5.41) is 16.0. The zero-order chi connectivity index (χ0) is 33.5. The molecular weight excluding hydrogens is 596 g/mol. The summed E-state index contributed by atoms with van der Waals surface area (Å²) >= 11 is 0. The predicted molar refractivity (Wildman–Crippen MR) is 169 cm³/mol. The first kappa shape index (κ1) is 36.1. The molecule has 1 atom stereocenters. The molecule has 10 nitrogen and oxygen atoms in total. The molecule has 1 saturated heterocycles. The van der Waals surface area contributed by atoms with Crippen molar-refractivity contribution in [3.63, 3.8) is 0 Å². The summed E-state index contributed by atoms with van der Waals surface area (Å²) in [4.78, 5) is 34.0. The van der Waals surface area contributed by atoms with Crippen LogP contribution in [0.1, 0.15) is 40.7 Å². The number of nitrogens with one attached hydrogen (secondary N) is 1. The van der Waals surface area contributed by atoms with Crippen LogP contribution in [0, 0.1) is 29.9 Å². The maximum absolute atomic E-state index is 15.2. The van der Waals surface area contributed by atoms with Crippen molar-refractivity contribution in [2.24, 2.45) is 0 Å². The Morgan fingerprint density at radius 1 is 1.07 bits per heavy atom. The summed E-state index contributed by atoms with van der Waals surface area (Å²) < 4.78 is 35.3. The number of hydrogen-bond acceptors (Lipinski definition) is 9. The zero-order valence-corrected chi connectivity index (χ0v) is 26.4. The van der Waals surface area contributed by atoms with Gasteiger partial charge in [-0.15, -0.1) is 0 Å². The van der Waals surface area contributed by atoms with Crippen LogP contribution >= 0.6 is 0 Å². The largest absolute Gasteiger partial charge is 0.488 e. The molecule has 1 fully saturated rings. The van der Waals surface area contributed by atoms with Crippen molar-refractivity contribution in [3.8, 4) is 11.8 Å². The number of halogens is 2. The monoisotopic (exact) mass is 637 g/mol. The van der Waals surface area contributed by atoms with Gasteiger partial charge in [0.2, 0.25) is 6.41 Å². The Balaban J connectivity index is 0.00000282. The van der Waals surface area contributed by atoms with E-state index in [1.807, 2.05) is 31.2 Å². The van der Waals surface area contributed by atoms with E-state index in [9.17, 15) is 14.0 Å². The normalized spacial score (nSPS) is 13.6. The number of aliphatic hydroxyl groups excluding tert-OH is 1. The Morgan fingerprint density at radius 3 is 2.46 bits per heavy atom. The second kappa shape index (κ2) is 18.5. The third kappa shape index (κ3) is 9.79. The quantitative estimate of drug-likeness (QED) is 0.145. The topological polar surface area (TPSA) is 118 Å². The smallest absolute Gasteiger partial charge is 0.212 e. The molecule has 12 heteroatoms. The molecule has 0 aliphatic carbocycles. The molecule has 0 spiro atoms. The van der Waals surface area contributed by atoms with Gasteiger partial charge in [-0.3, -0.25) is 14.5 Å². The van der Waals surface area contributed by atoms with Gasteiger partial charge in [0.25, 0.3) is 0 Å². The first-order valence-corrected chi connectivity index (χ1v) is 14.9. The molecule has 2 N–H and O–H groups in total. The number of piperazine rings is 1. The Labute approximate surface area is 268 Å². The Morgan fingerprint density at radius 2 is 1.83 bits per heavy atom. The SMILES string of the molecule is CNO[C@H](CCC=O)N(C=O)Cc1c(C)cccc1OCc1ccc(CN2CCN(c3ccc(C#N)c(F)c3)CC2)cc1F.CO. The molecule has 1 aliphatic rings. The lowest BCUT2D eigenvalue weighted by Gasteiger charge is -2.36. The molecule has 3 aromatic carbocycles. The molecule has 3 aromatic rings. The fraction of sp³-hybridized carbons (Fsp3) is 0.382. The standard InChI is InChI=1S/C33H37F2N5O4.CH4O/c1-24-5-3-6-32(29(24)21-40(23-42)33(44-37-2)7-4-16-41)43-22-27-9-8-25(17-30(27)34)20-38-12-14-39(15-13-38)28-11-10-26(19-36)31(35)18-28;1-2/h3,5-6,8-11,16-18,23,33,37H,4,7,12-15,20-22H2,1-2H3;2H,1H3/t33-;/m1./s1. The van der Waals surface area contributed by atoms with Crippen LogP contribution < -0.4 is 15.1 Å². The summed E-state index contributed by atoms with van der Waals surface area (Å²) in [6, 6.07) is 17.2. The first-order valence-electron chi connectivity index (χ1n) is 14.9. The molecule has 46 heavy (non-hydrogen) atoms. The lowest BCUT2D eigenvalue weighted by Crippen LogP contribution is -2.46. The molecule has 0 aromatic heterocycles. The van der Waals surface area contributed by atoms with Gasteiger partial charge >= 0.3 is 0 Å². The summed E-state index contributed by atoms with van der Waals surface area (Å²) in [6.07, 6.45) is 1.37. The molecular formula is C34H41F2N5O5. The number of anilines is 1. The van der Waals surface area contributed by atoms with Crippen LogP contribution in [0.5, 0.6) is 5.75 Å². The van der Waals surface area contributed by atoms with E-state index in [1.165, 1.54) is 23.1 Å². The molecule has 0 unspecified atom stereocenters. The van der Waals surface area contributed by atoms with Crippen molar-refractivity contribution in [2.45, 2.75) is 45.7 Å². The van der Waals surface area contributed by atoms with Gasteiger partial charge in [-0.25, -0.2) is 14.3 Å². The van der Waals surface area contributed by atoms with E-state index in [0.29, 0.717) is 43.8 Å². The van der Waals surface area contributed by atoms with Crippen molar-refractivity contribution >= 4 is 18.4 Å². The van der Waals surface area contributed by atoms with E-state index in [1.54, 1.807) is 25.2 Å². The number of nitrogens with zero attached hydrogens (tertiary/aromatic N) is 4. The van der Waals surface area contributed by atoms with E-state index in [0.717, 1.165) is 48.9 Å². The lowest BCUT2D eigenvalue weighted by atomic mass is 10.1. The molecule has 246 valence electrons. The van der Waals surface area contributed by atoms with E-state index in [-0.39, 0.29) is 31.0 Å². The number of carbonyl (C=O) groups excluding carboxylic acids is 2. The lowest BCUT2D eigenvalue weighted by molar-refractivity contribution is -0.145. The van der Waals surface area contributed by atoms with E-state index < -0.39 is 12.0 Å². The summed E-state index contributed by atoms with van der Waals surface area (Å²) in [7, 11) is 2.58. The third-order valence-corrected chi connectivity index (χ3v) is 7.72. The van der Waals surface area contributed by atoms with E-state index in [2.05, 4.69) is 15.3 Å². The van der Waals surface area contributed by atoms with Gasteiger partial charge in [0, 0.05) is 76.5 Å². The second-order valence-electron chi connectivity index (χ2n) is 10.6. The molecule has 0 bridgehead atoms. The third-order valence-electron chi connectivity index (χ3n) is 7.72. The van der Waals surface area contributed by atoms with Crippen LogP contribution in [0.15, 0.2) is 54.6 Å². The minimum absolute atomic E-state index is 0.00503. The molecule has 1 aliphatic heterocycles. The fourth-order valence-corrected chi connectivity index (χ4v) is 5.22. The number of aryl methyl sites for hydroxylation is 1. The molecule has 0 saturated carbocycles. The molecule has 1 amide bonds. The van der Waals surface area contributed by atoms with Crippen LogP contribution in [0.4, 0.5) is 14.5 Å². The van der Waals surface area contributed by atoms with Crippen molar-refractivity contribution in [3.05, 3.63) is 94.0 Å². The van der Waals surface area contributed by atoms with Crippen LogP contribution in [0.25, 0.3) is 0 Å². The zero-order valence-electron chi connectivity index (χ0n) is 26.4. The number of amides is 1. The summed E-state index contributed by atoms with van der Waals surface area (Å²) in [6.45, 7) is 5.53. The number of hydroxylamine groups is 1. The maximum Gasteiger partial charge on any atom is 0.212 e. The molecule has 1 heterocycles. The number of aliphatic hydroxyl groups is 1. The average molecular weight is 638 g/mol. The van der Waals surface area contributed by atoms with Crippen LogP contribution in [0.2, 0.25) is 0 Å². The van der Waals surface area contributed by atoms with Gasteiger partial charge in [-0.2, -0.15) is 5.26 Å². The van der Waals surface area contributed by atoms with Crippen LogP contribution in [-0.4, -0.2) is 74.2 Å². The van der Waals surface area contributed by atoms with Crippen molar-refractivity contribution < 1.29 is 33.1 Å². The van der Waals surface area contributed by atoms with Gasteiger partial charge in [0.05, 0.1) is 12.1 Å². The highest BCUT2D eigenvalue weighted by atomic mass is 19.1. The second-order valence-corrected chi connectivity index (χ2v) is 10.6. The number of hydrogen-bond donors (Lipinski definition) is 2. The van der Waals surface area contributed by atoms with Crippen LogP contribution in [0.3, 0.4) is 0 Å². The van der Waals surface area contributed by atoms with Crippen LogP contribution in [-0.2, 0) is 34.1 Å². The highest BCUT2D eigenvalue weighted by molar-refractivity contribution is 5.52.